The first-order valence-corrected chi connectivity index (χ1v) is 17.8. The topological polar surface area (TPSA) is 128 Å². The Bertz CT molecular complexity index is 1700. The summed E-state index contributed by atoms with van der Waals surface area (Å²) < 4.78 is 18.3. The number of rotatable bonds is 7. The normalized spacial score (nSPS) is 36.4. The molecule has 9 nitrogen and oxygen atoms in total. The van der Waals surface area contributed by atoms with E-state index < -0.39 is 52.5 Å². The lowest BCUT2D eigenvalue weighted by molar-refractivity contribution is -0.295. The molecule has 2 aromatic carbocycles. The Labute approximate surface area is 295 Å². The van der Waals surface area contributed by atoms with Crippen LogP contribution in [0.5, 0.6) is 0 Å². The second-order valence-electron chi connectivity index (χ2n) is 16.3. The van der Waals surface area contributed by atoms with Gasteiger partial charge in [-0.1, -0.05) is 83.1 Å². The van der Waals surface area contributed by atoms with Crippen LogP contribution in [-0.4, -0.2) is 59.8 Å². The molecule has 10 atom stereocenters. The van der Waals surface area contributed by atoms with Gasteiger partial charge in [0.25, 0.3) is 5.91 Å². The number of ether oxygens (including phenoxy) is 3. The van der Waals surface area contributed by atoms with Gasteiger partial charge in [0.15, 0.2) is 11.9 Å². The zero-order valence-electron chi connectivity index (χ0n) is 30.4. The zero-order chi connectivity index (χ0) is 36.4. The number of benzene rings is 2. The van der Waals surface area contributed by atoms with Crippen LogP contribution in [0, 0.1) is 33.5 Å². The fourth-order valence-electron chi connectivity index (χ4n) is 10.2. The Kier molecular flexibility index (Phi) is 9.17. The van der Waals surface area contributed by atoms with Gasteiger partial charge in [0.1, 0.15) is 6.10 Å². The molecule has 1 amide bonds. The van der Waals surface area contributed by atoms with Crippen molar-refractivity contribution < 1.29 is 38.5 Å². The van der Waals surface area contributed by atoms with E-state index >= 15 is 0 Å². The maximum Gasteiger partial charge on any atom is 0.308 e. The number of hydrogen-bond acceptors (Lipinski definition) is 8. The van der Waals surface area contributed by atoms with Crippen molar-refractivity contribution in [3.8, 4) is 0 Å². The SMILES string of the molecule is CC(=O)OC1C(=O)C2(C)C(O)CC3OC[C@@]3(C)C2[C@H](C)C2(C)C[C@H](OC(=O)C[C@@H](NC(=O)c3ccccc3)c3ccccc3)C(C)=C1C2(C)C. The van der Waals surface area contributed by atoms with Crippen molar-refractivity contribution >= 4 is 23.6 Å². The minimum atomic E-state index is -1.26. The highest BCUT2D eigenvalue weighted by Gasteiger charge is 2.72. The van der Waals surface area contributed by atoms with Crippen LogP contribution in [0.4, 0.5) is 0 Å². The van der Waals surface area contributed by atoms with Crippen LogP contribution in [0.2, 0.25) is 0 Å². The summed E-state index contributed by atoms with van der Waals surface area (Å²) in [5.74, 6) is -2.18. The van der Waals surface area contributed by atoms with Crippen LogP contribution in [-0.2, 0) is 28.6 Å². The number of esters is 2. The molecule has 3 aliphatic carbocycles. The Balaban J connectivity index is 1.39. The Morgan fingerprint density at radius 1 is 0.980 bits per heavy atom. The fraction of sp³-hybridized carbons (Fsp3) is 0.561. The summed E-state index contributed by atoms with van der Waals surface area (Å²) in [5, 5.41) is 14.7. The lowest BCUT2D eigenvalue weighted by atomic mass is 9.38. The molecule has 50 heavy (non-hydrogen) atoms. The van der Waals surface area contributed by atoms with Gasteiger partial charge in [-0.05, 0) is 71.8 Å². The number of carbonyl (C=O) groups excluding carboxylic acids is 4. The third kappa shape index (κ3) is 5.52. The molecule has 1 aliphatic heterocycles. The van der Waals surface area contributed by atoms with Crippen LogP contribution < -0.4 is 5.32 Å². The molecule has 0 spiro atoms. The molecule has 1 heterocycles. The quantitative estimate of drug-likeness (QED) is 0.262. The van der Waals surface area contributed by atoms with E-state index in [2.05, 4.69) is 39.9 Å². The predicted octanol–water partition coefficient (Wildman–Crippen LogP) is 6.16. The number of aliphatic hydroxyl groups is 1. The number of fused-ring (bicyclic) bond motifs is 5. The lowest BCUT2D eigenvalue weighted by Crippen LogP contribution is -2.73. The Hall–Kier alpha value is -3.82. The minimum absolute atomic E-state index is 0.117. The molecule has 6 rings (SSSR count). The van der Waals surface area contributed by atoms with Crippen molar-refractivity contribution in [2.75, 3.05) is 6.61 Å². The highest BCUT2D eigenvalue weighted by Crippen LogP contribution is 2.69. The average molecular weight is 686 g/mol. The van der Waals surface area contributed by atoms with Gasteiger partial charge < -0.3 is 24.6 Å². The smallest absolute Gasteiger partial charge is 0.308 e. The number of aliphatic hydroxyl groups excluding tert-OH is 1. The number of hydrogen-bond donors (Lipinski definition) is 2. The average Bonchev–Trinajstić information content (AvgIpc) is 3.07. The van der Waals surface area contributed by atoms with Gasteiger partial charge in [0.05, 0.1) is 36.7 Å². The summed E-state index contributed by atoms with van der Waals surface area (Å²) >= 11 is 0. The molecular formula is C41H51NO8. The van der Waals surface area contributed by atoms with Crippen molar-refractivity contribution in [1.82, 2.24) is 5.32 Å². The van der Waals surface area contributed by atoms with Crippen molar-refractivity contribution in [2.45, 2.75) is 105 Å². The van der Waals surface area contributed by atoms with Gasteiger partial charge in [0, 0.05) is 24.3 Å². The lowest BCUT2D eigenvalue weighted by Gasteiger charge is -2.69. The Morgan fingerprint density at radius 3 is 2.18 bits per heavy atom. The molecule has 6 unspecified atom stereocenters. The molecule has 1 saturated heterocycles. The van der Waals surface area contributed by atoms with E-state index in [1.165, 1.54) is 6.92 Å². The van der Waals surface area contributed by atoms with E-state index in [9.17, 15) is 24.3 Å². The molecule has 2 saturated carbocycles. The summed E-state index contributed by atoms with van der Waals surface area (Å²) in [6.45, 7) is 16.1. The highest BCUT2D eigenvalue weighted by atomic mass is 16.6. The summed E-state index contributed by atoms with van der Waals surface area (Å²) in [6, 6.07) is 17.5. The number of amides is 1. The highest BCUT2D eigenvalue weighted by molar-refractivity contribution is 5.95. The van der Waals surface area contributed by atoms with Crippen molar-refractivity contribution in [2.24, 2.45) is 33.5 Å². The monoisotopic (exact) mass is 685 g/mol. The number of Topliss-reactive ketones (excluding diaryl/α,β-unsaturated/α-hetero) is 1. The number of carbonyl (C=O) groups is 4. The summed E-state index contributed by atoms with van der Waals surface area (Å²) in [7, 11) is 0. The van der Waals surface area contributed by atoms with E-state index in [1.807, 2.05) is 50.2 Å². The van der Waals surface area contributed by atoms with Crippen LogP contribution in [0.3, 0.4) is 0 Å². The molecular weight excluding hydrogens is 634 g/mol. The molecule has 0 radical (unpaired) electrons. The maximum absolute atomic E-state index is 15.0. The minimum Gasteiger partial charge on any atom is -0.458 e. The maximum atomic E-state index is 15.0. The van der Waals surface area contributed by atoms with E-state index in [1.54, 1.807) is 24.3 Å². The molecule has 4 aliphatic rings. The number of ketones is 1. The Morgan fingerprint density at radius 2 is 1.60 bits per heavy atom. The van der Waals surface area contributed by atoms with Gasteiger partial charge in [-0.25, -0.2) is 0 Å². The van der Waals surface area contributed by atoms with Crippen molar-refractivity contribution in [1.29, 1.82) is 0 Å². The summed E-state index contributed by atoms with van der Waals surface area (Å²) in [4.78, 5) is 54.9. The number of nitrogens with one attached hydrogen (secondary N) is 1. The molecule has 0 aromatic heterocycles. The zero-order valence-corrected chi connectivity index (χ0v) is 30.4. The van der Waals surface area contributed by atoms with E-state index in [-0.39, 0.29) is 41.5 Å². The van der Waals surface area contributed by atoms with E-state index in [4.69, 9.17) is 14.2 Å². The van der Waals surface area contributed by atoms with Crippen LogP contribution in [0.1, 0.15) is 96.6 Å². The van der Waals surface area contributed by atoms with Gasteiger partial charge >= 0.3 is 11.9 Å². The first kappa shape index (κ1) is 36.0. The van der Waals surface area contributed by atoms with Gasteiger partial charge in [-0.3, -0.25) is 19.2 Å². The largest absolute Gasteiger partial charge is 0.458 e. The molecule has 2 aromatic rings. The fourth-order valence-corrected chi connectivity index (χ4v) is 10.2. The van der Waals surface area contributed by atoms with E-state index in [0.29, 0.717) is 36.2 Å². The second-order valence-corrected chi connectivity index (χ2v) is 16.3. The van der Waals surface area contributed by atoms with E-state index in [0.717, 1.165) is 5.56 Å². The van der Waals surface area contributed by atoms with Crippen molar-refractivity contribution in [3.63, 3.8) is 0 Å². The van der Waals surface area contributed by atoms with Crippen LogP contribution in [0.25, 0.3) is 0 Å². The first-order valence-electron chi connectivity index (χ1n) is 17.8. The van der Waals surface area contributed by atoms with Gasteiger partial charge in [0.2, 0.25) is 0 Å². The van der Waals surface area contributed by atoms with Gasteiger partial charge in [-0.2, -0.15) is 0 Å². The molecule has 3 fully saturated rings. The molecule has 9 heteroatoms. The third-order valence-electron chi connectivity index (χ3n) is 13.4. The third-order valence-corrected chi connectivity index (χ3v) is 13.4. The molecule has 2 N–H and O–H groups in total. The summed E-state index contributed by atoms with van der Waals surface area (Å²) in [6.07, 6.45) is -2.49. The second kappa shape index (κ2) is 12.7. The predicted molar refractivity (Wildman–Crippen MR) is 187 cm³/mol. The summed E-state index contributed by atoms with van der Waals surface area (Å²) in [5.41, 5.74) is -0.292. The van der Waals surface area contributed by atoms with Crippen molar-refractivity contribution in [3.05, 3.63) is 82.9 Å². The standard InChI is InChI=1S/C41H51NO8/c1-23-29(50-32(45)19-28(26-15-11-9-12-16-26)42-37(47)27-17-13-10-14-18-27)21-40(7)24(2)35-39(6)22-48-31(39)20-30(44)41(35,8)36(46)34(49-25(3)43)33(23)38(40,4)5/h9-18,24,28-31,34-35,44H,19-22H2,1-8H3,(H,42,47)/t24-,28+,29-,30?,31?,34?,35?,39+,40?,41?/m0/s1. The molecule has 268 valence electrons. The van der Waals surface area contributed by atoms with Gasteiger partial charge in [-0.15, -0.1) is 0 Å². The first-order chi connectivity index (χ1) is 23.5. The molecule has 2 bridgehead atoms. The van der Waals surface area contributed by atoms with Crippen LogP contribution in [0.15, 0.2) is 71.8 Å². The van der Waals surface area contributed by atoms with Crippen LogP contribution >= 0.6 is 0 Å².